The van der Waals surface area contributed by atoms with Gasteiger partial charge in [0.05, 0.1) is 19.0 Å². The molecular weight excluding hydrogens is 334 g/mol. The van der Waals surface area contributed by atoms with Gasteiger partial charge in [0, 0.05) is 22.0 Å². The van der Waals surface area contributed by atoms with E-state index >= 15 is 0 Å². The molecule has 23 heavy (non-hydrogen) atoms. The number of thioether (sulfide) groups is 1. The number of amides is 1. The highest BCUT2D eigenvalue weighted by Crippen LogP contribution is 2.33. The molecule has 2 aromatic rings. The average Bonchev–Trinajstić information content (AvgIpc) is 2.77. The number of halogens is 1. The molecule has 1 aliphatic heterocycles. The van der Waals surface area contributed by atoms with Crippen LogP contribution in [0.3, 0.4) is 0 Å². The highest BCUT2D eigenvalue weighted by atomic mass is 35.5. The molecule has 0 aliphatic carbocycles. The van der Waals surface area contributed by atoms with E-state index in [4.69, 9.17) is 21.1 Å². The zero-order valence-electron chi connectivity index (χ0n) is 12.4. The summed E-state index contributed by atoms with van der Waals surface area (Å²) in [4.78, 5) is 13.0. The van der Waals surface area contributed by atoms with E-state index in [1.165, 1.54) is 11.8 Å². The summed E-state index contributed by atoms with van der Waals surface area (Å²) in [6.07, 6.45) is 0.874. The van der Waals surface area contributed by atoms with Gasteiger partial charge in [0.1, 0.15) is 0 Å². The fourth-order valence-electron chi connectivity index (χ4n) is 2.15. The molecule has 1 aliphatic rings. The lowest BCUT2D eigenvalue weighted by Crippen LogP contribution is -2.13. The fraction of sp³-hybridized carbons (Fsp3) is 0.235. The second-order valence-corrected chi connectivity index (χ2v) is 6.49. The normalized spacial score (nSPS) is 13.3. The van der Waals surface area contributed by atoms with Crippen LogP contribution in [0.25, 0.3) is 0 Å². The Morgan fingerprint density at radius 3 is 2.78 bits per heavy atom. The van der Waals surface area contributed by atoms with Gasteiger partial charge in [-0.1, -0.05) is 17.7 Å². The number of rotatable bonds is 4. The lowest BCUT2D eigenvalue weighted by Gasteiger charge is -2.09. The first-order valence-corrected chi connectivity index (χ1v) is 8.65. The van der Waals surface area contributed by atoms with Gasteiger partial charge in [-0.05, 0) is 36.4 Å². The van der Waals surface area contributed by atoms with Gasteiger partial charge in [-0.3, -0.25) is 4.79 Å². The van der Waals surface area contributed by atoms with Crippen LogP contribution < -0.4 is 14.8 Å². The summed E-state index contributed by atoms with van der Waals surface area (Å²) in [5.41, 5.74) is 0.696. The summed E-state index contributed by atoms with van der Waals surface area (Å²) in [6.45, 7) is 1.32. The fourth-order valence-corrected chi connectivity index (χ4v) is 3.06. The predicted molar refractivity (Wildman–Crippen MR) is 92.9 cm³/mol. The van der Waals surface area contributed by atoms with E-state index in [1.807, 2.05) is 24.3 Å². The molecule has 4 nitrogen and oxygen atoms in total. The second kappa shape index (κ2) is 7.62. The van der Waals surface area contributed by atoms with Crippen LogP contribution in [0.4, 0.5) is 5.69 Å². The number of fused-ring (bicyclic) bond motifs is 1. The molecule has 0 radical (unpaired) electrons. The van der Waals surface area contributed by atoms with Crippen molar-refractivity contribution in [3.05, 3.63) is 47.5 Å². The van der Waals surface area contributed by atoms with Crippen molar-refractivity contribution in [1.82, 2.24) is 0 Å². The van der Waals surface area contributed by atoms with E-state index in [1.54, 1.807) is 18.2 Å². The van der Waals surface area contributed by atoms with Crippen LogP contribution in [0.5, 0.6) is 11.5 Å². The molecule has 0 spiro atoms. The first-order valence-electron chi connectivity index (χ1n) is 7.28. The van der Waals surface area contributed by atoms with Crippen LogP contribution in [0.2, 0.25) is 5.02 Å². The van der Waals surface area contributed by atoms with Crippen molar-refractivity contribution in [2.75, 3.05) is 24.3 Å². The highest BCUT2D eigenvalue weighted by molar-refractivity contribution is 8.00. The number of nitrogens with one attached hydrogen (secondary N) is 1. The molecule has 1 N–H and O–H groups in total. The number of carbonyl (C=O) groups is 1. The molecule has 120 valence electrons. The van der Waals surface area contributed by atoms with E-state index in [2.05, 4.69) is 5.32 Å². The Labute approximate surface area is 144 Å². The van der Waals surface area contributed by atoms with E-state index in [0.29, 0.717) is 29.7 Å². The molecule has 6 heteroatoms. The molecule has 0 saturated heterocycles. The summed E-state index contributed by atoms with van der Waals surface area (Å²) in [5, 5.41) is 3.42. The molecule has 1 amide bonds. The van der Waals surface area contributed by atoms with Crippen molar-refractivity contribution in [2.45, 2.75) is 11.3 Å². The van der Waals surface area contributed by atoms with Gasteiger partial charge in [-0.25, -0.2) is 0 Å². The first kappa shape index (κ1) is 16.0. The van der Waals surface area contributed by atoms with Crippen molar-refractivity contribution in [2.24, 2.45) is 0 Å². The van der Waals surface area contributed by atoms with E-state index in [9.17, 15) is 4.79 Å². The minimum Gasteiger partial charge on any atom is -0.490 e. The summed E-state index contributed by atoms with van der Waals surface area (Å²) in [5.74, 6) is 1.73. The minimum atomic E-state index is -0.0793. The second-order valence-electron chi connectivity index (χ2n) is 5.01. The van der Waals surface area contributed by atoms with Crippen molar-refractivity contribution in [1.29, 1.82) is 0 Å². The number of carbonyl (C=O) groups excluding carboxylic acids is 1. The summed E-state index contributed by atoms with van der Waals surface area (Å²) in [6, 6.07) is 12.8. The molecule has 3 rings (SSSR count). The van der Waals surface area contributed by atoms with Crippen molar-refractivity contribution in [3.8, 4) is 11.5 Å². The molecule has 0 bridgehead atoms. The third kappa shape index (κ3) is 4.56. The zero-order valence-corrected chi connectivity index (χ0v) is 14.0. The number of ether oxygens (including phenoxy) is 2. The smallest absolute Gasteiger partial charge is 0.234 e. The van der Waals surface area contributed by atoms with E-state index < -0.39 is 0 Å². The molecule has 2 aromatic carbocycles. The van der Waals surface area contributed by atoms with Gasteiger partial charge in [0.2, 0.25) is 5.91 Å². The van der Waals surface area contributed by atoms with Crippen molar-refractivity contribution < 1.29 is 14.3 Å². The lowest BCUT2D eigenvalue weighted by atomic mass is 10.3. The highest BCUT2D eigenvalue weighted by Gasteiger charge is 2.11. The number of benzene rings is 2. The molecule has 0 fully saturated rings. The Bertz CT molecular complexity index is 708. The standard InChI is InChI=1S/C17H16ClNO3S/c18-12-3-1-4-13(9-12)19-17(20)11-23-14-5-6-15-16(10-14)22-8-2-7-21-15/h1,3-6,9-10H,2,7-8,11H2,(H,19,20). The van der Waals surface area contributed by atoms with Crippen molar-refractivity contribution in [3.63, 3.8) is 0 Å². The van der Waals surface area contributed by atoms with Gasteiger partial charge in [-0.2, -0.15) is 0 Å². The third-order valence-electron chi connectivity index (χ3n) is 3.20. The first-order chi connectivity index (χ1) is 11.2. The number of hydrogen-bond donors (Lipinski definition) is 1. The van der Waals surface area contributed by atoms with Gasteiger partial charge in [0.15, 0.2) is 11.5 Å². The van der Waals surface area contributed by atoms with E-state index in [-0.39, 0.29) is 5.91 Å². The number of anilines is 1. The minimum absolute atomic E-state index is 0.0793. The van der Waals surface area contributed by atoms with E-state index in [0.717, 1.165) is 22.8 Å². The Morgan fingerprint density at radius 1 is 1.13 bits per heavy atom. The van der Waals surface area contributed by atoms with Crippen LogP contribution in [-0.4, -0.2) is 24.9 Å². The number of hydrogen-bond acceptors (Lipinski definition) is 4. The summed E-state index contributed by atoms with van der Waals surface area (Å²) in [7, 11) is 0. The largest absolute Gasteiger partial charge is 0.490 e. The molecule has 0 saturated carbocycles. The Balaban J connectivity index is 1.57. The Kier molecular flexibility index (Phi) is 5.31. The predicted octanol–water partition coefficient (Wildman–Crippen LogP) is 4.23. The van der Waals surface area contributed by atoms with Crippen LogP contribution >= 0.6 is 23.4 Å². The molecule has 1 heterocycles. The quantitative estimate of drug-likeness (QED) is 0.839. The average molecular weight is 350 g/mol. The molecule has 0 aromatic heterocycles. The van der Waals surface area contributed by atoms with Crippen LogP contribution in [0.15, 0.2) is 47.4 Å². The maximum atomic E-state index is 12.0. The van der Waals surface area contributed by atoms with Crippen LogP contribution in [0.1, 0.15) is 6.42 Å². The van der Waals surface area contributed by atoms with Gasteiger partial charge < -0.3 is 14.8 Å². The topological polar surface area (TPSA) is 47.6 Å². The van der Waals surface area contributed by atoms with Gasteiger partial charge in [-0.15, -0.1) is 11.8 Å². The SMILES string of the molecule is O=C(CSc1ccc2c(c1)OCCCO2)Nc1cccc(Cl)c1. The monoisotopic (exact) mass is 349 g/mol. The molecule has 0 atom stereocenters. The van der Waals surface area contributed by atoms with Crippen LogP contribution in [0, 0.1) is 0 Å². The molecular formula is C17H16ClNO3S. The maximum Gasteiger partial charge on any atom is 0.234 e. The van der Waals surface area contributed by atoms with Gasteiger partial charge in [0.25, 0.3) is 0 Å². The summed E-state index contributed by atoms with van der Waals surface area (Å²) < 4.78 is 11.2. The lowest BCUT2D eigenvalue weighted by molar-refractivity contribution is -0.113. The van der Waals surface area contributed by atoms with Crippen molar-refractivity contribution >= 4 is 35.0 Å². The molecule has 0 unspecified atom stereocenters. The van der Waals surface area contributed by atoms with Crippen LogP contribution in [-0.2, 0) is 4.79 Å². The third-order valence-corrected chi connectivity index (χ3v) is 4.43. The Morgan fingerprint density at radius 2 is 1.96 bits per heavy atom. The van der Waals surface area contributed by atoms with Gasteiger partial charge >= 0.3 is 0 Å². The summed E-state index contributed by atoms with van der Waals surface area (Å²) >= 11 is 7.35. The maximum absolute atomic E-state index is 12.0. The zero-order chi connectivity index (χ0) is 16.1. The Hall–Kier alpha value is -1.85.